The lowest BCUT2D eigenvalue weighted by Gasteiger charge is -2.31. The Bertz CT molecular complexity index is 1480. The molecule has 1 N–H and O–H groups in total. The minimum Gasteiger partial charge on any atom is -0.485 e. The molecule has 3 aromatic heterocycles. The number of pyridine rings is 2. The summed E-state index contributed by atoms with van der Waals surface area (Å²) in [6.07, 6.45) is 6.24. The first-order chi connectivity index (χ1) is 17.4. The van der Waals surface area contributed by atoms with Crippen molar-refractivity contribution in [3.8, 4) is 5.75 Å². The van der Waals surface area contributed by atoms with Gasteiger partial charge in [0.1, 0.15) is 34.5 Å². The summed E-state index contributed by atoms with van der Waals surface area (Å²) in [7, 11) is 1.88. The lowest BCUT2D eigenvalue weighted by Crippen LogP contribution is -2.29. The fraction of sp³-hybridized carbons (Fsp3) is 0.308. The number of aromatic nitrogens is 4. The smallest absolute Gasteiger partial charge is 0.277 e. The number of allylic oxidation sites excluding steroid dienone is 2. The normalized spacial score (nSPS) is 15.9. The van der Waals surface area contributed by atoms with E-state index in [1.807, 2.05) is 31.1 Å². The molecule has 37 heavy (non-hydrogen) atoms. The molecule has 0 spiro atoms. The van der Waals surface area contributed by atoms with Gasteiger partial charge in [-0.25, -0.2) is 18.7 Å². The van der Waals surface area contributed by atoms with E-state index in [-0.39, 0.29) is 34.9 Å². The van der Waals surface area contributed by atoms with Gasteiger partial charge in [-0.2, -0.15) is 0 Å². The van der Waals surface area contributed by atoms with Gasteiger partial charge in [0, 0.05) is 37.3 Å². The molecule has 1 aliphatic rings. The molecular weight excluding hydrogens is 504 g/mol. The first kappa shape index (κ1) is 26.4. The second kappa shape index (κ2) is 10.0. The summed E-state index contributed by atoms with van der Waals surface area (Å²) in [4.78, 5) is 27.7. The lowest BCUT2D eigenvalue weighted by molar-refractivity contribution is 0.0682. The lowest BCUT2D eigenvalue weighted by atomic mass is 10.0. The van der Waals surface area contributed by atoms with Crippen molar-refractivity contribution < 1.29 is 18.6 Å². The third-order valence-electron chi connectivity index (χ3n) is 5.87. The summed E-state index contributed by atoms with van der Waals surface area (Å²) in [5, 5.41) is 10.2. The second-order valence-electron chi connectivity index (χ2n) is 9.31. The average Bonchev–Trinajstić information content (AvgIpc) is 2.82. The van der Waals surface area contributed by atoms with Gasteiger partial charge in [0.05, 0.1) is 23.6 Å². The number of hydrogen-bond donors (Lipinski definition) is 1. The molecule has 3 aromatic rings. The van der Waals surface area contributed by atoms with Crippen molar-refractivity contribution in [3.63, 3.8) is 0 Å². The van der Waals surface area contributed by atoms with Crippen LogP contribution in [0, 0.1) is 18.6 Å². The minimum atomic E-state index is -1.22. The molecule has 1 aliphatic heterocycles. The monoisotopic (exact) mass is 529 g/mol. The van der Waals surface area contributed by atoms with Gasteiger partial charge in [-0.05, 0) is 45.4 Å². The number of rotatable bonds is 6. The van der Waals surface area contributed by atoms with E-state index in [0.717, 1.165) is 11.8 Å². The number of hydrogen-bond acceptors (Lipinski definition) is 7. The van der Waals surface area contributed by atoms with E-state index < -0.39 is 22.8 Å². The predicted octanol–water partition coefficient (Wildman–Crippen LogP) is 4.51. The Morgan fingerprint density at radius 2 is 1.95 bits per heavy atom. The van der Waals surface area contributed by atoms with E-state index in [0.29, 0.717) is 23.2 Å². The van der Waals surface area contributed by atoms with Crippen molar-refractivity contribution in [2.75, 3.05) is 7.05 Å². The molecule has 1 atom stereocenters. The maximum atomic E-state index is 13.9. The third-order valence-corrected chi connectivity index (χ3v) is 6.22. The Kier molecular flexibility index (Phi) is 7.16. The van der Waals surface area contributed by atoms with Gasteiger partial charge in [-0.1, -0.05) is 11.6 Å². The highest BCUT2D eigenvalue weighted by molar-refractivity contribution is 6.31. The van der Waals surface area contributed by atoms with Gasteiger partial charge >= 0.3 is 0 Å². The molecule has 0 bridgehead atoms. The van der Waals surface area contributed by atoms with Crippen molar-refractivity contribution in [2.45, 2.75) is 45.9 Å². The molecule has 0 radical (unpaired) electrons. The van der Waals surface area contributed by atoms with Crippen LogP contribution in [0.4, 0.5) is 8.78 Å². The first-order valence-electron chi connectivity index (χ1n) is 11.4. The van der Waals surface area contributed by atoms with Gasteiger partial charge in [-0.3, -0.25) is 14.3 Å². The minimum absolute atomic E-state index is 0.0586. The van der Waals surface area contributed by atoms with Crippen LogP contribution in [0.3, 0.4) is 0 Å². The Balaban J connectivity index is 1.71. The molecule has 4 heterocycles. The number of aliphatic hydroxyl groups is 1. The van der Waals surface area contributed by atoms with Crippen LogP contribution in [0.25, 0.3) is 5.70 Å². The summed E-state index contributed by atoms with van der Waals surface area (Å²) < 4.78 is 34.1. The van der Waals surface area contributed by atoms with Crippen LogP contribution in [0.15, 0.2) is 53.2 Å². The highest BCUT2D eigenvalue weighted by atomic mass is 35.5. The maximum absolute atomic E-state index is 13.9. The zero-order valence-corrected chi connectivity index (χ0v) is 21.7. The van der Waals surface area contributed by atoms with E-state index in [1.165, 1.54) is 4.57 Å². The number of likely N-dealkylation sites (N-methyl/N-ethyl adjacent to an activating group) is 1. The topological polar surface area (TPSA) is 93.4 Å². The number of ether oxygens (including phenoxy) is 1. The van der Waals surface area contributed by atoms with E-state index in [9.17, 15) is 18.7 Å². The highest BCUT2D eigenvalue weighted by Gasteiger charge is 2.26. The van der Waals surface area contributed by atoms with Crippen LogP contribution in [0.5, 0.6) is 5.75 Å². The summed E-state index contributed by atoms with van der Waals surface area (Å²) >= 11 is 6.38. The molecule has 194 valence electrons. The van der Waals surface area contributed by atoms with Crippen molar-refractivity contribution in [2.24, 2.45) is 0 Å². The maximum Gasteiger partial charge on any atom is 0.277 e. The molecule has 8 nitrogen and oxygen atoms in total. The van der Waals surface area contributed by atoms with E-state index in [2.05, 4.69) is 15.0 Å². The summed E-state index contributed by atoms with van der Waals surface area (Å²) in [5.41, 5.74) is 0.725. The van der Waals surface area contributed by atoms with E-state index in [4.69, 9.17) is 16.3 Å². The SMILES string of the molecule is CC1=CN(C)[C@@H](c2ccnc(C(C)(C)O)n2)C=C1n1c(C)cc(OCc2ncc(F)cc2F)c(Cl)c1=O. The van der Waals surface area contributed by atoms with Gasteiger partial charge in [0.15, 0.2) is 11.6 Å². The first-order valence-corrected chi connectivity index (χ1v) is 11.8. The van der Waals surface area contributed by atoms with Crippen molar-refractivity contribution >= 4 is 17.3 Å². The van der Waals surface area contributed by atoms with Crippen molar-refractivity contribution in [1.82, 2.24) is 24.4 Å². The van der Waals surface area contributed by atoms with Gasteiger partial charge in [0.25, 0.3) is 5.56 Å². The van der Waals surface area contributed by atoms with Crippen LogP contribution in [0.1, 0.15) is 49.7 Å². The number of aryl methyl sites for hydroxylation is 1. The molecule has 0 aromatic carbocycles. The van der Waals surface area contributed by atoms with Gasteiger partial charge in [-0.15, -0.1) is 0 Å². The fourth-order valence-electron chi connectivity index (χ4n) is 4.01. The van der Waals surface area contributed by atoms with E-state index in [1.54, 1.807) is 39.1 Å². The van der Waals surface area contributed by atoms with Crippen LogP contribution in [0.2, 0.25) is 5.02 Å². The molecular formula is C26H26ClF2N5O3. The van der Waals surface area contributed by atoms with Crippen molar-refractivity contribution in [1.29, 1.82) is 0 Å². The standard InChI is InChI=1S/C26H26ClF2N5O3/c1-14-12-33(5)21(18-6-7-30-25(32-18)26(3,4)36)10-20(14)34-15(2)8-22(23(27)24(34)35)37-13-19-17(29)9-16(28)11-31-19/h6-12,21,36H,13H2,1-5H3/t21-/m1/s1. The Hall–Kier alpha value is -3.63. The van der Waals surface area contributed by atoms with Crippen LogP contribution in [-0.2, 0) is 12.2 Å². The van der Waals surface area contributed by atoms with Gasteiger partial charge < -0.3 is 14.7 Å². The average molecular weight is 530 g/mol. The zero-order valence-electron chi connectivity index (χ0n) is 21.0. The quantitative estimate of drug-likeness (QED) is 0.502. The zero-order chi connectivity index (χ0) is 27.1. The fourth-order valence-corrected chi connectivity index (χ4v) is 4.20. The van der Waals surface area contributed by atoms with Crippen LogP contribution in [-0.4, -0.2) is 36.6 Å². The van der Waals surface area contributed by atoms with Crippen molar-refractivity contribution in [3.05, 3.63) is 98.4 Å². The highest BCUT2D eigenvalue weighted by Crippen LogP contribution is 2.33. The van der Waals surface area contributed by atoms with Crippen LogP contribution >= 0.6 is 11.6 Å². The molecule has 0 saturated heterocycles. The molecule has 0 saturated carbocycles. The summed E-state index contributed by atoms with van der Waals surface area (Å²) in [5.74, 6) is -1.32. The largest absolute Gasteiger partial charge is 0.485 e. The molecule has 0 unspecified atom stereocenters. The van der Waals surface area contributed by atoms with Crippen LogP contribution < -0.4 is 10.3 Å². The second-order valence-corrected chi connectivity index (χ2v) is 9.69. The number of halogens is 3. The summed E-state index contributed by atoms with van der Waals surface area (Å²) in [6.45, 7) is 6.47. The molecule has 4 rings (SSSR count). The third kappa shape index (κ3) is 5.40. The predicted molar refractivity (Wildman–Crippen MR) is 135 cm³/mol. The molecule has 11 heteroatoms. The van der Waals surface area contributed by atoms with E-state index >= 15 is 0 Å². The van der Waals surface area contributed by atoms with Gasteiger partial charge in [0.2, 0.25) is 0 Å². The molecule has 0 fully saturated rings. The Labute approximate surface area is 217 Å². The Morgan fingerprint density at radius 1 is 1.22 bits per heavy atom. The Morgan fingerprint density at radius 3 is 2.62 bits per heavy atom. The molecule has 0 amide bonds. The molecule has 0 aliphatic carbocycles. The summed E-state index contributed by atoms with van der Waals surface area (Å²) in [6, 6.07) is 3.68. The number of nitrogens with zero attached hydrogens (tertiary/aromatic N) is 5.